The van der Waals surface area contributed by atoms with Crippen molar-refractivity contribution in [2.45, 2.75) is 13.2 Å². The first-order valence-corrected chi connectivity index (χ1v) is 10.7. The van der Waals surface area contributed by atoms with E-state index in [-0.39, 0.29) is 12.2 Å². The van der Waals surface area contributed by atoms with Crippen LogP contribution in [-0.4, -0.2) is 22.8 Å². The van der Waals surface area contributed by atoms with Gasteiger partial charge in [-0.1, -0.05) is 47.5 Å². The van der Waals surface area contributed by atoms with Crippen molar-refractivity contribution in [2.75, 3.05) is 12.4 Å². The van der Waals surface area contributed by atoms with E-state index >= 15 is 0 Å². The number of carbonyl (C=O) groups is 1. The highest BCUT2D eigenvalue weighted by atomic mass is 35.5. The van der Waals surface area contributed by atoms with E-state index in [1.54, 1.807) is 49.6 Å². The molecule has 0 saturated heterocycles. The highest BCUT2D eigenvalue weighted by Gasteiger charge is 2.10. The smallest absolute Gasteiger partial charge is 0.411 e. The summed E-state index contributed by atoms with van der Waals surface area (Å²) in [6.45, 7) is 0.356. The summed E-state index contributed by atoms with van der Waals surface area (Å²) in [5, 5.41) is 3.94. The number of benzene rings is 3. The Labute approximate surface area is 199 Å². The second-order valence-corrected chi connectivity index (χ2v) is 7.99. The number of hydrogen-bond acceptors (Lipinski definition) is 5. The van der Waals surface area contributed by atoms with Gasteiger partial charge in [-0.15, -0.1) is 0 Å². The molecule has 0 atom stereocenters. The van der Waals surface area contributed by atoms with Crippen LogP contribution in [0.2, 0.25) is 10.0 Å². The van der Waals surface area contributed by atoms with Crippen LogP contribution in [0.3, 0.4) is 0 Å². The minimum Gasteiger partial charge on any atom is -0.496 e. The molecular weight excluding hydrogens is 465 g/mol. The molecule has 0 radical (unpaired) electrons. The number of para-hydroxylation sites is 1. The molecule has 1 heterocycles. The minimum absolute atomic E-state index is 0.0566. The lowest BCUT2D eigenvalue weighted by atomic mass is 10.2. The van der Waals surface area contributed by atoms with Crippen LogP contribution in [0.15, 0.2) is 71.8 Å². The second-order valence-electron chi connectivity index (χ2n) is 7.17. The first kappa shape index (κ1) is 22.6. The van der Waals surface area contributed by atoms with Crippen molar-refractivity contribution in [3.8, 4) is 5.75 Å². The molecule has 3 aromatic carbocycles. The Morgan fingerprint density at radius 1 is 1.06 bits per heavy atom. The number of carbonyl (C=O) groups excluding carboxylic acids is 1. The van der Waals surface area contributed by atoms with Crippen LogP contribution in [0.5, 0.6) is 5.75 Å². The molecule has 0 spiro atoms. The lowest BCUT2D eigenvalue weighted by molar-refractivity contribution is 0.154. The molecule has 4 rings (SSSR count). The van der Waals surface area contributed by atoms with Crippen molar-refractivity contribution in [1.29, 1.82) is 0 Å². The molecule has 168 valence electrons. The van der Waals surface area contributed by atoms with Crippen molar-refractivity contribution in [1.82, 2.24) is 9.55 Å². The zero-order chi connectivity index (χ0) is 23.4. The maximum atomic E-state index is 12.9. The maximum Gasteiger partial charge on any atom is 0.411 e. The van der Waals surface area contributed by atoms with Gasteiger partial charge in [0.2, 0.25) is 0 Å². The Bertz CT molecular complexity index is 1390. The van der Waals surface area contributed by atoms with Gasteiger partial charge in [0.15, 0.2) is 0 Å². The summed E-state index contributed by atoms with van der Waals surface area (Å²) in [7, 11) is 1.56. The number of anilines is 1. The standard InChI is InChI=1S/C24H19Cl2N3O4/c1-32-22-5-3-2-4-16(22)13-33-24(31)28-17-7-8-18-21(11-17)27-14-29(23(18)30)12-15-6-9-19(25)20(26)10-15/h2-11,14H,12-13H2,1H3,(H,28,31). The van der Waals surface area contributed by atoms with E-state index in [2.05, 4.69) is 10.3 Å². The maximum absolute atomic E-state index is 12.9. The van der Waals surface area contributed by atoms with Crippen LogP contribution >= 0.6 is 23.2 Å². The van der Waals surface area contributed by atoms with Gasteiger partial charge in [0, 0.05) is 11.3 Å². The number of aromatic nitrogens is 2. The van der Waals surface area contributed by atoms with Gasteiger partial charge in [-0.25, -0.2) is 9.78 Å². The Balaban J connectivity index is 1.46. The topological polar surface area (TPSA) is 82.5 Å². The molecule has 0 aliphatic carbocycles. The number of methoxy groups -OCH3 is 1. The van der Waals surface area contributed by atoms with Gasteiger partial charge in [-0.05, 0) is 42.0 Å². The Morgan fingerprint density at radius 3 is 2.67 bits per heavy atom. The van der Waals surface area contributed by atoms with Gasteiger partial charge in [0.25, 0.3) is 5.56 Å². The van der Waals surface area contributed by atoms with Gasteiger partial charge < -0.3 is 9.47 Å². The minimum atomic E-state index is -0.631. The van der Waals surface area contributed by atoms with Crippen molar-refractivity contribution in [3.05, 3.63) is 98.5 Å². The Kier molecular flexibility index (Phi) is 6.82. The van der Waals surface area contributed by atoms with Crippen LogP contribution in [0, 0.1) is 0 Å². The molecule has 1 amide bonds. The third-order valence-electron chi connectivity index (χ3n) is 4.96. The number of fused-ring (bicyclic) bond motifs is 1. The summed E-state index contributed by atoms with van der Waals surface area (Å²) in [5.41, 5.74) is 2.27. The quantitative estimate of drug-likeness (QED) is 0.390. The molecular formula is C24H19Cl2N3O4. The molecule has 1 N–H and O–H groups in total. The summed E-state index contributed by atoms with van der Waals surface area (Å²) < 4.78 is 12.0. The number of amides is 1. The van der Waals surface area contributed by atoms with Gasteiger partial charge in [-0.3, -0.25) is 14.7 Å². The Hall–Kier alpha value is -3.55. The highest BCUT2D eigenvalue weighted by molar-refractivity contribution is 6.42. The molecule has 0 aliphatic rings. The largest absolute Gasteiger partial charge is 0.496 e. The van der Waals surface area contributed by atoms with Crippen molar-refractivity contribution in [2.24, 2.45) is 0 Å². The normalized spacial score (nSPS) is 10.8. The van der Waals surface area contributed by atoms with E-state index < -0.39 is 6.09 Å². The third kappa shape index (κ3) is 5.27. The van der Waals surface area contributed by atoms with Crippen molar-refractivity contribution in [3.63, 3.8) is 0 Å². The Morgan fingerprint density at radius 2 is 1.88 bits per heavy atom. The first-order chi connectivity index (χ1) is 15.9. The molecule has 0 aliphatic heterocycles. The van der Waals surface area contributed by atoms with Gasteiger partial charge >= 0.3 is 6.09 Å². The average Bonchev–Trinajstić information content (AvgIpc) is 2.82. The molecule has 0 bridgehead atoms. The van der Waals surface area contributed by atoms with E-state index in [4.69, 9.17) is 32.7 Å². The predicted molar refractivity (Wildman–Crippen MR) is 128 cm³/mol. The van der Waals surface area contributed by atoms with Gasteiger partial charge in [0.1, 0.15) is 12.4 Å². The molecule has 0 unspecified atom stereocenters. The van der Waals surface area contributed by atoms with E-state index in [1.165, 1.54) is 10.9 Å². The molecule has 9 heteroatoms. The van der Waals surface area contributed by atoms with E-state index in [9.17, 15) is 9.59 Å². The average molecular weight is 484 g/mol. The van der Waals surface area contributed by atoms with Crippen LogP contribution < -0.4 is 15.6 Å². The summed E-state index contributed by atoms with van der Waals surface area (Å²) in [5.74, 6) is 0.636. The fraction of sp³-hybridized carbons (Fsp3) is 0.125. The second kappa shape index (κ2) is 9.94. The zero-order valence-corrected chi connectivity index (χ0v) is 19.1. The number of ether oxygens (including phenoxy) is 2. The molecule has 0 saturated carbocycles. The van der Waals surface area contributed by atoms with Gasteiger partial charge in [0.05, 0.1) is 40.9 Å². The summed E-state index contributed by atoms with van der Waals surface area (Å²) in [6, 6.07) is 17.3. The number of hydrogen-bond donors (Lipinski definition) is 1. The predicted octanol–water partition coefficient (Wildman–Crippen LogP) is 5.51. The zero-order valence-electron chi connectivity index (χ0n) is 17.5. The first-order valence-electron chi connectivity index (χ1n) is 9.93. The van der Waals surface area contributed by atoms with Crippen LogP contribution in [0.4, 0.5) is 10.5 Å². The monoisotopic (exact) mass is 483 g/mol. The molecule has 1 aromatic heterocycles. The van der Waals surface area contributed by atoms with E-state index in [1.807, 2.05) is 18.2 Å². The van der Waals surface area contributed by atoms with Crippen LogP contribution in [-0.2, 0) is 17.9 Å². The lowest BCUT2D eigenvalue weighted by Crippen LogP contribution is -2.21. The molecule has 4 aromatic rings. The van der Waals surface area contributed by atoms with Crippen LogP contribution in [0.1, 0.15) is 11.1 Å². The van der Waals surface area contributed by atoms with Crippen LogP contribution in [0.25, 0.3) is 10.9 Å². The molecule has 33 heavy (non-hydrogen) atoms. The fourth-order valence-electron chi connectivity index (χ4n) is 3.30. The number of nitrogens with one attached hydrogen (secondary N) is 1. The summed E-state index contributed by atoms with van der Waals surface area (Å²) in [4.78, 5) is 29.5. The van der Waals surface area contributed by atoms with E-state index in [0.29, 0.717) is 38.9 Å². The number of halogens is 2. The van der Waals surface area contributed by atoms with Crippen molar-refractivity contribution >= 4 is 45.9 Å². The highest BCUT2D eigenvalue weighted by Crippen LogP contribution is 2.23. The third-order valence-corrected chi connectivity index (χ3v) is 5.70. The fourth-order valence-corrected chi connectivity index (χ4v) is 3.62. The van der Waals surface area contributed by atoms with Gasteiger partial charge in [-0.2, -0.15) is 0 Å². The lowest BCUT2D eigenvalue weighted by Gasteiger charge is -2.11. The SMILES string of the molecule is COc1ccccc1COC(=O)Nc1ccc2c(=O)n(Cc3ccc(Cl)c(Cl)c3)cnc2c1. The summed E-state index contributed by atoms with van der Waals surface area (Å²) >= 11 is 12.0. The summed E-state index contributed by atoms with van der Waals surface area (Å²) in [6.07, 6.45) is 0.824. The molecule has 0 fully saturated rings. The molecule has 7 nitrogen and oxygen atoms in total. The number of rotatable bonds is 6. The number of nitrogens with zero attached hydrogens (tertiary/aromatic N) is 2. The van der Waals surface area contributed by atoms with E-state index in [0.717, 1.165) is 11.1 Å². The van der Waals surface area contributed by atoms with Crippen molar-refractivity contribution < 1.29 is 14.3 Å².